The van der Waals surface area contributed by atoms with E-state index >= 15 is 0 Å². The molecule has 0 bridgehead atoms. The van der Waals surface area contributed by atoms with Crippen LogP contribution in [0, 0.1) is 6.92 Å². The molecular weight excluding hydrogens is 248 g/mol. The van der Waals surface area contributed by atoms with Crippen molar-refractivity contribution >= 4 is 0 Å². The van der Waals surface area contributed by atoms with E-state index < -0.39 is 0 Å². The van der Waals surface area contributed by atoms with Gasteiger partial charge in [-0.05, 0) is 38.3 Å². The summed E-state index contributed by atoms with van der Waals surface area (Å²) in [5.41, 5.74) is 2.80. The molecule has 3 nitrogen and oxygen atoms in total. The van der Waals surface area contributed by atoms with E-state index in [1.165, 1.54) is 11.1 Å². The zero-order valence-corrected chi connectivity index (χ0v) is 13.0. The third-order valence-electron chi connectivity index (χ3n) is 4.39. The quantitative estimate of drug-likeness (QED) is 0.894. The summed E-state index contributed by atoms with van der Waals surface area (Å²) < 4.78 is 0. The zero-order valence-electron chi connectivity index (χ0n) is 13.0. The van der Waals surface area contributed by atoms with E-state index in [1.807, 2.05) is 0 Å². The average Bonchev–Trinajstić information content (AvgIpc) is 2.42. The highest BCUT2D eigenvalue weighted by Gasteiger charge is 2.28. The van der Waals surface area contributed by atoms with E-state index in [0.29, 0.717) is 12.1 Å². The number of benzene rings is 1. The van der Waals surface area contributed by atoms with Gasteiger partial charge in [-0.15, -0.1) is 0 Å². The first kappa shape index (κ1) is 15.5. The fourth-order valence-electron chi connectivity index (χ4n) is 3.19. The first-order chi connectivity index (χ1) is 9.61. The molecule has 0 radical (unpaired) electrons. The monoisotopic (exact) mass is 276 g/mol. The fourth-order valence-corrected chi connectivity index (χ4v) is 3.19. The molecular formula is C17H28N2O. The van der Waals surface area contributed by atoms with Crippen LogP contribution < -0.4 is 0 Å². The van der Waals surface area contributed by atoms with Crippen molar-refractivity contribution in [3.63, 3.8) is 0 Å². The minimum atomic E-state index is 0.284. The van der Waals surface area contributed by atoms with Crippen molar-refractivity contribution < 1.29 is 5.11 Å². The Morgan fingerprint density at radius 3 is 2.65 bits per heavy atom. The molecule has 1 fully saturated rings. The molecule has 1 atom stereocenters. The number of aryl methyl sites for hydroxylation is 1. The summed E-state index contributed by atoms with van der Waals surface area (Å²) in [6.07, 6.45) is 0.877. The Labute approximate surface area is 123 Å². The maximum absolute atomic E-state index is 9.29. The van der Waals surface area contributed by atoms with Gasteiger partial charge in [0.05, 0.1) is 0 Å². The lowest BCUT2D eigenvalue weighted by Crippen LogP contribution is -2.55. The summed E-state index contributed by atoms with van der Waals surface area (Å²) in [6.45, 7) is 11.3. The Hall–Kier alpha value is -0.900. The molecule has 0 spiro atoms. The first-order valence-electron chi connectivity index (χ1n) is 7.75. The van der Waals surface area contributed by atoms with Crippen molar-refractivity contribution in [2.24, 2.45) is 0 Å². The van der Waals surface area contributed by atoms with Gasteiger partial charge in [0.1, 0.15) is 0 Å². The van der Waals surface area contributed by atoms with Crippen LogP contribution >= 0.6 is 0 Å². The van der Waals surface area contributed by atoms with Crippen LogP contribution in [-0.2, 0) is 6.54 Å². The maximum Gasteiger partial charge on any atom is 0.0446 e. The number of hydrogen-bond donors (Lipinski definition) is 1. The number of rotatable bonds is 5. The van der Waals surface area contributed by atoms with Crippen LogP contribution in [0.15, 0.2) is 24.3 Å². The molecule has 112 valence electrons. The van der Waals surface area contributed by atoms with E-state index in [4.69, 9.17) is 0 Å². The van der Waals surface area contributed by atoms with E-state index in [-0.39, 0.29) is 6.61 Å². The van der Waals surface area contributed by atoms with Gasteiger partial charge in [0.15, 0.2) is 0 Å². The van der Waals surface area contributed by atoms with Crippen LogP contribution in [0.5, 0.6) is 0 Å². The SMILES string of the molecule is Cc1ccccc1CN1CCN(C(C)C)C(CCO)C1. The molecule has 3 heteroatoms. The van der Waals surface area contributed by atoms with Gasteiger partial charge in [0, 0.05) is 44.9 Å². The summed E-state index contributed by atoms with van der Waals surface area (Å²) in [5, 5.41) is 9.29. The summed E-state index contributed by atoms with van der Waals surface area (Å²) in [4.78, 5) is 5.06. The van der Waals surface area contributed by atoms with E-state index in [2.05, 4.69) is 54.8 Å². The van der Waals surface area contributed by atoms with Crippen LogP contribution in [0.4, 0.5) is 0 Å². The molecule has 0 aliphatic carbocycles. The predicted octanol–water partition coefficient (Wildman–Crippen LogP) is 2.27. The molecule has 0 saturated carbocycles. The van der Waals surface area contributed by atoms with Crippen molar-refractivity contribution in [1.82, 2.24) is 9.80 Å². The van der Waals surface area contributed by atoms with E-state index in [0.717, 1.165) is 32.6 Å². The summed E-state index contributed by atoms with van der Waals surface area (Å²) in [5.74, 6) is 0. The summed E-state index contributed by atoms with van der Waals surface area (Å²) >= 11 is 0. The van der Waals surface area contributed by atoms with Gasteiger partial charge in [-0.3, -0.25) is 9.80 Å². The largest absolute Gasteiger partial charge is 0.396 e. The average molecular weight is 276 g/mol. The van der Waals surface area contributed by atoms with Crippen LogP contribution in [0.25, 0.3) is 0 Å². The van der Waals surface area contributed by atoms with Gasteiger partial charge >= 0.3 is 0 Å². The topological polar surface area (TPSA) is 26.7 Å². The van der Waals surface area contributed by atoms with Gasteiger partial charge < -0.3 is 5.11 Å². The molecule has 1 heterocycles. The van der Waals surface area contributed by atoms with Crippen LogP contribution in [0.3, 0.4) is 0 Å². The first-order valence-corrected chi connectivity index (χ1v) is 7.75. The second kappa shape index (κ2) is 7.21. The normalized spacial score (nSPS) is 21.6. The number of nitrogens with zero attached hydrogens (tertiary/aromatic N) is 2. The van der Waals surface area contributed by atoms with Crippen LogP contribution in [-0.4, -0.2) is 53.2 Å². The molecule has 1 N–H and O–H groups in total. The molecule has 1 saturated heterocycles. The molecule has 1 aliphatic heterocycles. The van der Waals surface area contributed by atoms with Crippen LogP contribution in [0.2, 0.25) is 0 Å². The highest BCUT2D eigenvalue weighted by Crippen LogP contribution is 2.19. The Kier molecular flexibility index (Phi) is 5.58. The number of piperazine rings is 1. The van der Waals surface area contributed by atoms with Crippen molar-refractivity contribution in [1.29, 1.82) is 0 Å². The second-order valence-electron chi connectivity index (χ2n) is 6.16. The third kappa shape index (κ3) is 3.81. The second-order valence-corrected chi connectivity index (χ2v) is 6.16. The highest BCUT2D eigenvalue weighted by atomic mass is 16.3. The predicted molar refractivity (Wildman–Crippen MR) is 83.8 cm³/mol. The molecule has 0 amide bonds. The van der Waals surface area contributed by atoms with Gasteiger partial charge in [-0.2, -0.15) is 0 Å². The summed E-state index contributed by atoms with van der Waals surface area (Å²) in [6, 6.07) is 9.68. The lowest BCUT2D eigenvalue weighted by Gasteiger charge is -2.43. The van der Waals surface area contributed by atoms with Crippen molar-refractivity contribution in [3.05, 3.63) is 35.4 Å². The summed E-state index contributed by atoms with van der Waals surface area (Å²) in [7, 11) is 0. The van der Waals surface area contributed by atoms with Gasteiger partial charge in [0.25, 0.3) is 0 Å². The molecule has 1 aliphatic rings. The lowest BCUT2D eigenvalue weighted by atomic mass is 10.0. The van der Waals surface area contributed by atoms with Gasteiger partial charge in [0.2, 0.25) is 0 Å². The fraction of sp³-hybridized carbons (Fsp3) is 0.647. The maximum atomic E-state index is 9.29. The lowest BCUT2D eigenvalue weighted by molar-refractivity contribution is 0.0348. The van der Waals surface area contributed by atoms with Crippen molar-refractivity contribution in [2.45, 2.75) is 45.8 Å². The standard InChI is InChI=1S/C17H28N2O/c1-14(2)19-10-9-18(13-17(19)8-11-20)12-16-7-5-4-6-15(16)3/h4-7,14,17,20H,8-13H2,1-3H3. The minimum Gasteiger partial charge on any atom is -0.396 e. The molecule has 1 aromatic rings. The molecule has 2 rings (SSSR count). The number of aliphatic hydroxyl groups excluding tert-OH is 1. The Morgan fingerprint density at radius 2 is 2.00 bits per heavy atom. The molecule has 1 unspecified atom stereocenters. The number of aliphatic hydroxyl groups is 1. The van der Waals surface area contributed by atoms with Crippen molar-refractivity contribution in [2.75, 3.05) is 26.2 Å². The van der Waals surface area contributed by atoms with Crippen LogP contribution in [0.1, 0.15) is 31.4 Å². The van der Waals surface area contributed by atoms with Gasteiger partial charge in [-0.1, -0.05) is 24.3 Å². The molecule has 0 aromatic heterocycles. The Balaban J connectivity index is 1.99. The highest BCUT2D eigenvalue weighted by molar-refractivity contribution is 5.25. The molecule has 20 heavy (non-hydrogen) atoms. The van der Waals surface area contributed by atoms with Gasteiger partial charge in [-0.25, -0.2) is 0 Å². The third-order valence-corrected chi connectivity index (χ3v) is 4.39. The zero-order chi connectivity index (χ0) is 14.5. The number of hydrogen-bond acceptors (Lipinski definition) is 3. The minimum absolute atomic E-state index is 0.284. The van der Waals surface area contributed by atoms with E-state index in [9.17, 15) is 5.11 Å². The smallest absolute Gasteiger partial charge is 0.0446 e. The van der Waals surface area contributed by atoms with E-state index in [1.54, 1.807) is 0 Å². The Bertz CT molecular complexity index is 419. The molecule has 1 aromatic carbocycles. The van der Waals surface area contributed by atoms with Crippen molar-refractivity contribution in [3.8, 4) is 0 Å². The Morgan fingerprint density at radius 1 is 1.25 bits per heavy atom.